The molecule has 0 radical (unpaired) electrons. The Morgan fingerprint density at radius 1 is 1.30 bits per heavy atom. The number of aromatic amines is 1. The first kappa shape index (κ1) is 17.3. The van der Waals surface area contributed by atoms with E-state index in [9.17, 15) is 9.18 Å². The Kier molecular flexibility index (Phi) is 4.61. The summed E-state index contributed by atoms with van der Waals surface area (Å²) in [6.45, 7) is 2.29. The number of benzene rings is 2. The number of likely N-dealkylation sites (tertiary alicyclic amines) is 1. The lowest BCUT2D eigenvalue weighted by molar-refractivity contribution is 0.102. The highest BCUT2D eigenvalue weighted by Crippen LogP contribution is 2.29. The van der Waals surface area contributed by atoms with E-state index < -0.39 is 5.82 Å². The molecule has 1 amide bonds. The smallest absolute Gasteiger partial charge is 0.272 e. The van der Waals surface area contributed by atoms with Gasteiger partial charge >= 0.3 is 0 Å². The second-order valence-electron chi connectivity index (χ2n) is 6.87. The van der Waals surface area contributed by atoms with Crippen LogP contribution in [0.2, 0.25) is 0 Å². The number of nitrogens with one attached hydrogen (secondary N) is 2. The quantitative estimate of drug-likeness (QED) is 0.692. The van der Waals surface area contributed by atoms with Gasteiger partial charge in [-0.15, -0.1) is 0 Å². The molecule has 1 saturated heterocycles. The molecule has 3 aromatic rings. The fraction of sp³-hybridized carbons (Fsp3) is 0.238. The van der Waals surface area contributed by atoms with Crippen molar-refractivity contribution in [1.29, 1.82) is 5.26 Å². The largest absolute Gasteiger partial charge is 0.351 e. The molecule has 6 heteroatoms. The van der Waals surface area contributed by atoms with Gasteiger partial charge in [0.25, 0.3) is 5.91 Å². The fourth-order valence-corrected chi connectivity index (χ4v) is 3.64. The minimum Gasteiger partial charge on any atom is -0.351 e. The van der Waals surface area contributed by atoms with Gasteiger partial charge in [-0.05, 0) is 60.8 Å². The fourth-order valence-electron chi connectivity index (χ4n) is 3.64. The molecule has 0 saturated carbocycles. The summed E-state index contributed by atoms with van der Waals surface area (Å²) in [5.41, 5.74) is 2.96. The summed E-state index contributed by atoms with van der Waals surface area (Å²) in [7, 11) is 0. The van der Waals surface area contributed by atoms with Gasteiger partial charge in [-0.25, -0.2) is 4.39 Å². The SMILES string of the molecule is N#CCN1CC[C@@H](c2ccc3[nH]c(C(=O)Nc4cccc(F)c4)cc3c2)C1. The third-order valence-electron chi connectivity index (χ3n) is 5.01. The van der Waals surface area contributed by atoms with Crippen molar-refractivity contribution in [1.82, 2.24) is 9.88 Å². The summed E-state index contributed by atoms with van der Waals surface area (Å²) < 4.78 is 13.3. The molecule has 2 aromatic carbocycles. The number of carbonyl (C=O) groups is 1. The van der Waals surface area contributed by atoms with E-state index in [0.29, 0.717) is 23.8 Å². The van der Waals surface area contributed by atoms with Gasteiger partial charge in [0.15, 0.2) is 0 Å². The second-order valence-corrected chi connectivity index (χ2v) is 6.87. The van der Waals surface area contributed by atoms with Gasteiger partial charge in [0, 0.05) is 23.1 Å². The number of aromatic nitrogens is 1. The van der Waals surface area contributed by atoms with Gasteiger partial charge in [0.2, 0.25) is 0 Å². The zero-order chi connectivity index (χ0) is 18.8. The molecule has 0 aliphatic carbocycles. The van der Waals surface area contributed by atoms with Crippen molar-refractivity contribution in [2.75, 3.05) is 25.0 Å². The number of H-pyrrole nitrogens is 1. The van der Waals surface area contributed by atoms with Crippen LogP contribution in [0, 0.1) is 17.1 Å². The first-order valence-electron chi connectivity index (χ1n) is 8.91. The molecular weight excluding hydrogens is 343 g/mol. The van der Waals surface area contributed by atoms with Crippen LogP contribution >= 0.6 is 0 Å². The van der Waals surface area contributed by atoms with Gasteiger partial charge in [-0.2, -0.15) is 5.26 Å². The van der Waals surface area contributed by atoms with E-state index in [0.717, 1.165) is 30.4 Å². The number of nitriles is 1. The number of rotatable bonds is 4. The van der Waals surface area contributed by atoms with Gasteiger partial charge in [0.05, 0.1) is 12.6 Å². The van der Waals surface area contributed by atoms with Gasteiger partial charge < -0.3 is 10.3 Å². The number of hydrogen-bond acceptors (Lipinski definition) is 3. The normalized spacial score (nSPS) is 17.1. The maximum atomic E-state index is 13.3. The Bertz CT molecular complexity index is 1040. The molecule has 1 aromatic heterocycles. The van der Waals surface area contributed by atoms with E-state index in [2.05, 4.69) is 33.4 Å². The van der Waals surface area contributed by atoms with E-state index in [-0.39, 0.29) is 5.91 Å². The Labute approximate surface area is 156 Å². The van der Waals surface area contributed by atoms with Crippen molar-refractivity contribution in [2.24, 2.45) is 0 Å². The van der Waals surface area contributed by atoms with Crippen LogP contribution in [0.3, 0.4) is 0 Å². The van der Waals surface area contributed by atoms with Crippen molar-refractivity contribution in [3.05, 3.63) is 65.6 Å². The summed E-state index contributed by atoms with van der Waals surface area (Å²) >= 11 is 0. The minimum atomic E-state index is -0.393. The lowest BCUT2D eigenvalue weighted by atomic mass is 9.97. The van der Waals surface area contributed by atoms with Gasteiger partial charge in [-0.3, -0.25) is 9.69 Å². The summed E-state index contributed by atoms with van der Waals surface area (Å²) in [6.07, 6.45) is 1.03. The van der Waals surface area contributed by atoms with Crippen molar-refractivity contribution >= 4 is 22.5 Å². The second kappa shape index (κ2) is 7.22. The van der Waals surface area contributed by atoms with Crippen LogP contribution in [0.25, 0.3) is 10.9 Å². The van der Waals surface area contributed by atoms with E-state index in [1.807, 2.05) is 12.1 Å². The van der Waals surface area contributed by atoms with Crippen molar-refractivity contribution in [3.8, 4) is 6.07 Å². The lowest BCUT2D eigenvalue weighted by Gasteiger charge is -2.12. The number of nitrogens with zero attached hydrogens (tertiary/aromatic N) is 2. The summed E-state index contributed by atoms with van der Waals surface area (Å²) in [5, 5.41) is 12.5. The predicted molar refractivity (Wildman–Crippen MR) is 102 cm³/mol. The molecule has 1 aliphatic heterocycles. The zero-order valence-electron chi connectivity index (χ0n) is 14.7. The number of halogens is 1. The number of fused-ring (bicyclic) bond motifs is 1. The lowest BCUT2D eigenvalue weighted by Crippen LogP contribution is -2.20. The van der Waals surface area contributed by atoms with Crippen LogP contribution in [-0.2, 0) is 0 Å². The van der Waals surface area contributed by atoms with Crippen LogP contribution in [-0.4, -0.2) is 35.4 Å². The molecule has 27 heavy (non-hydrogen) atoms. The average molecular weight is 362 g/mol. The van der Waals surface area contributed by atoms with E-state index in [1.165, 1.54) is 17.7 Å². The maximum absolute atomic E-state index is 13.3. The minimum absolute atomic E-state index is 0.306. The molecule has 5 nitrogen and oxygen atoms in total. The highest BCUT2D eigenvalue weighted by molar-refractivity contribution is 6.06. The molecule has 1 aliphatic rings. The molecule has 1 atom stereocenters. The molecule has 2 N–H and O–H groups in total. The van der Waals surface area contributed by atoms with Crippen LogP contribution in [0.5, 0.6) is 0 Å². The standard InChI is InChI=1S/C21H19FN4O/c22-17-2-1-3-18(12-17)24-21(27)20-11-16-10-14(4-5-19(16)25-20)15-6-8-26(13-15)9-7-23/h1-5,10-12,15,25H,6,8-9,13H2,(H,24,27)/t15-/m1/s1. The van der Waals surface area contributed by atoms with Crippen molar-refractivity contribution in [2.45, 2.75) is 12.3 Å². The third-order valence-corrected chi connectivity index (χ3v) is 5.01. The first-order valence-corrected chi connectivity index (χ1v) is 8.91. The number of anilines is 1. The molecule has 1 fully saturated rings. The van der Waals surface area contributed by atoms with Crippen LogP contribution in [0.15, 0.2) is 48.5 Å². The molecule has 2 heterocycles. The Morgan fingerprint density at radius 2 is 2.19 bits per heavy atom. The molecule has 0 spiro atoms. The molecule has 0 unspecified atom stereocenters. The topological polar surface area (TPSA) is 71.9 Å². The molecular formula is C21H19FN4O. The molecule has 4 rings (SSSR count). The Hall–Kier alpha value is -3.17. The van der Waals surface area contributed by atoms with Gasteiger partial charge in [-0.1, -0.05) is 12.1 Å². The summed E-state index contributed by atoms with van der Waals surface area (Å²) in [4.78, 5) is 17.7. The molecule has 0 bridgehead atoms. The average Bonchev–Trinajstić information content (AvgIpc) is 3.28. The van der Waals surface area contributed by atoms with Gasteiger partial charge in [0.1, 0.15) is 11.5 Å². The Balaban J connectivity index is 1.52. The Morgan fingerprint density at radius 3 is 3.00 bits per heavy atom. The first-order chi connectivity index (χ1) is 13.1. The van der Waals surface area contributed by atoms with E-state index in [1.54, 1.807) is 12.1 Å². The van der Waals surface area contributed by atoms with E-state index in [4.69, 9.17) is 5.26 Å². The van der Waals surface area contributed by atoms with E-state index >= 15 is 0 Å². The maximum Gasteiger partial charge on any atom is 0.272 e. The predicted octanol–water partition coefficient (Wildman–Crippen LogP) is 3.87. The molecule has 136 valence electrons. The third kappa shape index (κ3) is 3.69. The van der Waals surface area contributed by atoms with Crippen LogP contribution < -0.4 is 5.32 Å². The summed E-state index contributed by atoms with van der Waals surface area (Å²) in [5.74, 6) is -0.294. The number of amides is 1. The number of hydrogen-bond donors (Lipinski definition) is 2. The zero-order valence-corrected chi connectivity index (χ0v) is 14.7. The summed E-state index contributed by atoms with van der Waals surface area (Å²) in [6, 6.07) is 16.0. The van der Waals surface area contributed by atoms with Crippen LogP contribution in [0.4, 0.5) is 10.1 Å². The van der Waals surface area contributed by atoms with Crippen molar-refractivity contribution < 1.29 is 9.18 Å². The number of carbonyl (C=O) groups excluding carboxylic acids is 1. The monoisotopic (exact) mass is 362 g/mol. The van der Waals surface area contributed by atoms with Crippen molar-refractivity contribution in [3.63, 3.8) is 0 Å². The highest BCUT2D eigenvalue weighted by atomic mass is 19.1. The highest BCUT2D eigenvalue weighted by Gasteiger charge is 2.23. The van der Waals surface area contributed by atoms with Crippen LogP contribution in [0.1, 0.15) is 28.4 Å².